The van der Waals surface area contributed by atoms with Gasteiger partial charge in [-0.05, 0) is 0 Å². The normalized spacial score (nSPS) is 9.56. The molecule has 0 saturated carbocycles. The molecule has 0 atom stereocenters. The fourth-order valence-corrected chi connectivity index (χ4v) is 5.47. The van der Waals surface area contributed by atoms with E-state index in [4.69, 9.17) is 0 Å². The third kappa shape index (κ3) is 7.85. The van der Waals surface area contributed by atoms with Crippen molar-refractivity contribution < 1.29 is 48.1 Å². The van der Waals surface area contributed by atoms with Gasteiger partial charge in [-0.1, -0.05) is 39.8 Å². The van der Waals surface area contributed by atoms with Crippen LogP contribution >= 0.6 is 0 Å². The van der Waals surface area contributed by atoms with Gasteiger partial charge in [0.15, 0.2) is 0 Å². The van der Waals surface area contributed by atoms with E-state index in [9.17, 15) is 0 Å². The molecule has 4 heteroatoms. The van der Waals surface area contributed by atoms with Crippen molar-refractivity contribution in [3.05, 3.63) is 113 Å². The van der Waals surface area contributed by atoms with E-state index in [1.807, 2.05) is 0 Å². The molecule has 0 spiro atoms. The molecule has 0 heterocycles. The van der Waals surface area contributed by atoms with Crippen LogP contribution in [0.3, 0.4) is 0 Å². The van der Waals surface area contributed by atoms with Crippen LogP contribution in [0.2, 0.25) is 0 Å². The summed E-state index contributed by atoms with van der Waals surface area (Å²) in [4.78, 5) is 0. The van der Waals surface area contributed by atoms with Crippen LogP contribution < -0.4 is 30.0 Å². The Bertz CT molecular complexity index is 1170. The van der Waals surface area contributed by atoms with Crippen molar-refractivity contribution in [1.29, 1.82) is 0 Å². The molecule has 0 amide bonds. The summed E-state index contributed by atoms with van der Waals surface area (Å²) >= 11 is 1.67. The summed E-state index contributed by atoms with van der Waals surface area (Å²) in [7, 11) is 0. The van der Waals surface area contributed by atoms with Crippen molar-refractivity contribution in [3.63, 3.8) is 0 Å². The van der Waals surface area contributed by atoms with Crippen molar-refractivity contribution in [2.75, 3.05) is 0 Å². The third-order valence-corrected chi connectivity index (χ3v) is 8.37. The molecular formula is C28H28Cl2SiZr-2. The monoisotopic (exact) mass is 552 g/mol. The Kier molecular flexibility index (Phi) is 12.5. The van der Waals surface area contributed by atoms with Gasteiger partial charge in [0.05, 0.1) is 0 Å². The van der Waals surface area contributed by atoms with E-state index in [2.05, 4.69) is 119 Å². The van der Waals surface area contributed by atoms with E-state index in [-0.39, 0.29) is 24.8 Å². The van der Waals surface area contributed by atoms with Crippen LogP contribution in [0.15, 0.2) is 91.0 Å². The molecule has 0 aromatic heterocycles. The van der Waals surface area contributed by atoms with E-state index in [1.54, 1.807) is 23.3 Å². The van der Waals surface area contributed by atoms with Gasteiger partial charge in [0.2, 0.25) is 0 Å². The zero-order chi connectivity index (χ0) is 21.5. The van der Waals surface area contributed by atoms with Crippen molar-refractivity contribution in [2.24, 2.45) is 0 Å². The van der Waals surface area contributed by atoms with Gasteiger partial charge in [-0.3, -0.25) is 0 Å². The van der Waals surface area contributed by atoms with Gasteiger partial charge in [0, 0.05) is 0 Å². The third-order valence-electron chi connectivity index (χ3n) is 5.19. The average Bonchev–Trinajstić information content (AvgIpc) is 3.32. The number of rotatable bonds is 1. The molecule has 0 unspecified atom stereocenters. The fourth-order valence-electron chi connectivity index (χ4n) is 3.63. The van der Waals surface area contributed by atoms with Crippen molar-refractivity contribution >= 4 is 32.9 Å². The number of hydrogen-bond donors (Lipinski definition) is 0. The molecule has 0 nitrogen and oxygen atoms in total. The van der Waals surface area contributed by atoms with Gasteiger partial charge >= 0.3 is 65.0 Å². The second-order valence-corrected chi connectivity index (χ2v) is 10.9. The standard InChI is InChI=1S/2C11H11.C6H6Si.2ClH.Zr/c2*1-8-6-10-5-3-4-9(2)11(10)7-8;7-6-4-2-1-3-5-6;;;/h2*3-7H,1-2H3;1-5,7H;2*1H;/q2*-1;;;;+2/p-2. The molecule has 32 heavy (non-hydrogen) atoms. The Morgan fingerprint density at radius 1 is 0.594 bits per heavy atom. The summed E-state index contributed by atoms with van der Waals surface area (Å²) in [5.41, 5.74) is 5.45. The zero-order valence-corrected chi connectivity index (χ0v) is 24.1. The van der Waals surface area contributed by atoms with Gasteiger partial charge < -0.3 is 24.8 Å². The second-order valence-electron chi connectivity index (χ2n) is 7.78. The van der Waals surface area contributed by atoms with E-state index < -0.39 is 0 Å². The maximum atomic E-state index is 2.24. The van der Waals surface area contributed by atoms with E-state index in [0.717, 1.165) is 0 Å². The number of hydrogen-bond acceptors (Lipinski definition) is 0. The quantitative estimate of drug-likeness (QED) is 0.210. The number of halogens is 2. The SMILES string of the molecule is Cc1cc2cccc(C)c2[cH-]1.Cc1cc2cccc(C)c2[cH-]1.[Cl-].[Cl-].[Zr+2]=[SiH]c1ccccc1. The number of aryl methyl sites for hydroxylation is 4. The molecule has 5 aromatic rings. The van der Waals surface area contributed by atoms with E-state index in [0.29, 0.717) is 6.16 Å². The minimum absolute atomic E-state index is 0. The number of benzene rings is 3. The Labute approximate surface area is 220 Å². The Morgan fingerprint density at radius 3 is 1.38 bits per heavy atom. The van der Waals surface area contributed by atoms with Gasteiger partial charge in [-0.25, -0.2) is 0 Å². The predicted octanol–water partition coefficient (Wildman–Crippen LogP) is 0.569. The summed E-state index contributed by atoms with van der Waals surface area (Å²) in [6.07, 6.45) is 0.601. The molecule has 5 rings (SSSR count). The van der Waals surface area contributed by atoms with Crippen molar-refractivity contribution in [1.82, 2.24) is 0 Å². The van der Waals surface area contributed by atoms with Crippen LogP contribution in [0.1, 0.15) is 22.3 Å². The van der Waals surface area contributed by atoms with Gasteiger partial charge in [0.25, 0.3) is 0 Å². The molecule has 0 fully saturated rings. The molecule has 0 radical (unpaired) electrons. The Hall–Kier alpha value is -1.44. The predicted molar refractivity (Wildman–Crippen MR) is 131 cm³/mol. The first-order valence-electron chi connectivity index (χ1n) is 10.3. The molecule has 0 N–H and O–H groups in total. The van der Waals surface area contributed by atoms with Crippen molar-refractivity contribution in [2.45, 2.75) is 27.7 Å². The topological polar surface area (TPSA) is 0 Å². The summed E-state index contributed by atoms with van der Waals surface area (Å²) in [5.74, 6) is 0. The van der Waals surface area contributed by atoms with E-state index in [1.165, 1.54) is 49.0 Å². The summed E-state index contributed by atoms with van der Waals surface area (Å²) in [6.45, 7) is 8.59. The van der Waals surface area contributed by atoms with Crippen LogP contribution in [-0.4, -0.2) is 6.16 Å². The second kappa shape index (κ2) is 14.0. The van der Waals surface area contributed by atoms with Crippen LogP contribution in [0.5, 0.6) is 0 Å². The van der Waals surface area contributed by atoms with Crippen LogP contribution in [-0.2, 0) is 23.3 Å². The average molecular weight is 555 g/mol. The van der Waals surface area contributed by atoms with Gasteiger partial charge in [-0.2, -0.15) is 12.1 Å². The fraction of sp³-hybridized carbons (Fsp3) is 0.143. The molecule has 0 aliphatic heterocycles. The summed E-state index contributed by atoms with van der Waals surface area (Å²) in [6, 6.07) is 32.4. The molecule has 0 saturated heterocycles. The Morgan fingerprint density at radius 2 is 1.03 bits per heavy atom. The van der Waals surface area contributed by atoms with Crippen LogP contribution in [0.4, 0.5) is 0 Å². The van der Waals surface area contributed by atoms with Crippen LogP contribution in [0, 0.1) is 27.7 Å². The Balaban J connectivity index is 0.000000236. The van der Waals surface area contributed by atoms with Gasteiger partial charge in [-0.15, -0.1) is 80.2 Å². The summed E-state index contributed by atoms with van der Waals surface area (Å²) < 4.78 is 0. The van der Waals surface area contributed by atoms with Crippen LogP contribution in [0.25, 0.3) is 21.5 Å². The molecule has 0 bridgehead atoms. The van der Waals surface area contributed by atoms with Gasteiger partial charge in [0.1, 0.15) is 0 Å². The molecule has 5 aromatic carbocycles. The molecular weight excluding hydrogens is 527 g/mol. The maximum absolute atomic E-state index is 2.24. The first-order valence-corrected chi connectivity index (χ1v) is 15.7. The first kappa shape index (κ1) is 28.6. The zero-order valence-electron chi connectivity index (χ0n) is 19.0. The number of fused-ring (bicyclic) bond motifs is 2. The molecule has 164 valence electrons. The minimum atomic E-state index is 0. The molecule has 0 aliphatic carbocycles. The summed E-state index contributed by atoms with van der Waals surface area (Å²) in [5, 5.41) is 7.05. The van der Waals surface area contributed by atoms with E-state index >= 15 is 0 Å². The molecule has 0 aliphatic rings. The first-order chi connectivity index (χ1) is 14.5. The van der Waals surface area contributed by atoms with Crippen molar-refractivity contribution in [3.8, 4) is 0 Å².